The topological polar surface area (TPSA) is 47.1 Å². The fraction of sp³-hybridized carbons (Fsp3) is 0.750. The highest BCUT2D eigenvalue weighted by molar-refractivity contribution is 5.34. The third kappa shape index (κ3) is 1.71. The number of rotatable bonds is 3. The van der Waals surface area contributed by atoms with Gasteiger partial charge in [-0.25, -0.2) is 4.98 Å². The lowest BCUT2D eigenvalue weighted by Gasteiger charge is -2.20. The normalized spacial score (nSPS) is 27.4. The summed E-state index contributed by atoms with van der Waals surface area (Å²) >= 11 is 0. The van der Waals surface area contributed by atoms with Crippen LogP contribution >= 0.6 is 0 Å². The van der Waals surface area contributed by atoms with Gasteiger partial charge in [-0.3, -0.25) is 0 Å². The predicted molar refractivity (Wildman–Crippen MR) is 64.5 cm³/mol. The number of hydrogen-bond acceptors (Lipinski definition) is 3. The van der Waals surface area contributed by atoms with Crippen molar-refractivity contribution in [2.45, 2.75) is 38.3 Å². The molecule has 3 rings (SSSR count). The molecule has 0 amide bonds. The first kappa shape index (κ1) is 10.1. The van der Waals surface area contributed by atoms with Gasteiger partial charge in [0.15, 0.2) is 0 Å². The molecule has 88 valence electrons. The predicted octanol–water partition coefficient (Wildman–Crippen LogP) is 1.39. The zero-order valence-corrected chi connectivity index (χ0v) is 9.84. The first-order chi connectivity index (χ1) is 7.75. The molecule has 0 spiro atoms. The van der Waals surface area contributed by atoms with E-state index in [1.165, 1.54) is 19.3 Å². The van der Waals surface area contributed by atoms with E-state index < -0.39 is 0 Å². The molecular formula is C12H20N4. The summed E-state index contributed by atoms with van der Waals surface area (Å²) < 4.78 is 2.34. The number of nitrogens with zero attached hydrogens (tertiary/aromatic N) is 3. The van der Waals surface area contributed by atoms with Crippen LogP contribution < -0.4 is 10.6 Å². The summed E-state index contributed by atoms with van der Waals surface area (Å²) in [7, 11) is 0. The Hall–Kier alpha value is -1.03. The highest BCUT2D eigenvalue weighted by Crippen LogP contribution is 2.38. The first-order valence-corrected chi connectivity index (χ1v) is 6.29. The van der Waals surface area contributed by atoms with Crippen molar-refractivity contribution < 1.29 is 0 Å². The summed E-state index contributed by atoms with van der Waals surface area (Å²) in [6, 6.07) is 1.01. The summed E-state index contributed by atoms with van der Waals surface area (Å²) in [5.74, 6) is 1.79. The molecule has 1 aliphatic carbocycles. The van der Waals surface area contributed by atoms with E-state index in [2.05, 4.69) is 27.6 Å². The van der Waals surface area contributed by atoms with Gasteiger partial charge in [-0.05, 0) is 32.1 Å². The third-order valence-electron chi connectivity index (χ3n) is 3.84. The van der Waals surface area contributed by atoms with Crippen LogP contribution in [0.15, 0.2) is 12.4 Å². The molecule has 1 aromatic rings. The van der Waals surface area contributed by atoms with Gasteiger partial charge in [0.05, 0.1) is 0 Å². The van der Waals surface area contributed by atoms with Gasteiger partial charge in [0.25, 0.3) is 0 Å². The van der Waals surface area contributed by atoms with E-state index in [9.17, 15) is 0 Å². The Balaban J connectivity index is 1.75. The van der Waals surface area contributed by atoms with Gasteiger partial charge in [0.2, 0.25) is 5.95 Å². The number of hydrogen-bond donors (Lipinski definition) is 1. The Bertz CT molecular complexity index is 367. The lowest BCUT2D eigenvalue weighted by atomic mass is 10.0. The van der Waals surface area contributed by atoms with Gasteiger partial charge in [-0.1, -0.05) is 0 Å². The molecule has 0 bridgehead atoms. The van der Waals surface area contributed by atoms with Crippen molar-refractivity contribution in [1.29, 1.82) is 0 Å². The fourth-order valence-electron chi connectivity index (χ4n) is 2.59. The second-order valence-electron chi connectivity index (χ2n) is 5.22. The fourth-order valence-corrected chi connectivity index (χ4v) is 2.59. The van der Waals surface area contributed by atoms with Crippen LogP contribution in [0.25, 0.3) is 0 Å². The molecule has 16 heavy (non-hydrogen) atoms. The van der Waals surface area contributed by atoms with Crippen molar-refractivity contribution in [3.63, 3.8) is 0 Å². The molecule has 1 aromatic heterocycles. The van der Waals surface area contributed by atoms with Crippen LogP contribution in [0.4, 0.5) is 5.95 Å². The SMILES string of the molecule is CC(N)C1CCN(c2nccn2C2CC2)C1. The summed E-state index contributed by atoms with van der Waals surface area (Å²) in [6.07, 6.45) is 7.87. The zero-order chi connectivity index (χ0) is 11.1. The standard InChI is InChI=1S/C12H20N4/c1-9(13)10-4-6-15(8-10)12-14-5-7-16(12)11-2-3-11/h5,7,9-11H,2-4,6,8,13H2,1H3. The van der Waals surface area contributed by atoms with Crippen molar-refractivity contribution in [2.24, 2.45) is 11.7 Å². The Kier molecular flexibility index (Phi) is 2.39. The van der Waals surface area contributed by atoms with E-state index >= 15 is 0 Å². The van der Waals surface area contributed by atoms with E-state index in [0.717, 1.165) is 19.0 Å². The highest BCUT2D eigenvalue weighted by Gasteiger charge is 2.31. The second kappa shape index (κ2) is 3.77. The van der Waals surface area contributed by atoms with Crippen molar-refractivity contribution in [1.82, 2.24) is 9.55 Å². The number of nitrogens with two attached hydrogens (primary N) is 1. The van der Waals surface area contributed by atoms with Crippen LogP contribution in [0.5, 0.6) is 0 Å². The Morgan fingerprint density at radius 1 is 1.44 bits per heavy atom. The van der Waals surface area contributed by atoms with Crippen molar-refractivity contribution in [3.8, 4) is 0 Å². The van der Waals surface area contributed by atoms with Gasteiger partial charge in [0, 0.05) is 37.6 Å². The molecule has 2 unspecified atom stereocenters. The maximum Gasteiger partial charge on any atom is 0.205 e. The van der Waals surface area contributed by atoms with E-state index in [0.29, 0.717) is 18.0 Å². The Labute approximate surface area is 96.4 Å². The number of aromatic nitrogens is 2. The maximum absolute atomic E-state index is 5.97. The summed E-state index contributed by atoms with van der Waals surface area (Å²) in [4.78, 5) is 6.90. The molecule has 2 atom stereocenters. The van der Waals surface area contributed by atoms with Gasteiger partial charge in [-0.2, -0.15) is 0 Å². The van der Waals surface area contributed by atoms with Gasteiger partial charge in [-0.15, -0.1) is 0 Å². The molecule has 2 heterocycles. The zero-order valence-electron chi connectivity index (χ0n) is 9.84. The lowest BCUT2D eigenvalue weighted by Crippen LogP contribution is -2.30. The van der Waals surface area contributed by atoms with Crippen LogP contribution in [0.3, 0.4) is 0 Å². The van der Waals surface area contributed by atoms with Crippen molar-refractivity contribution in [3.05, 3.63) is 12.4 Å². The van der Waals surface area contributed by atoms with Gasteiger partial charge < -0.3 is 15.2 Å². The second-order valence-corrected chi connectivity index (χ2v) is 5.22. The Morgan fingerprint density at radius 3 is 2.88 bits per heavy atom. The van der Waals surface area contributed by atoms with Gasteiger partial charge in [0.1, 0.15) is 0 Å². The van der Waals surface area contributed by atoms with Gasteiger partial charge >= 0.3 is 0 Å². The smallest absolute Gasteiger partial charge is 0.205 e. The third-order valence-corrected chi connectivity index (χ3v) is 3.84. The van der Waals surface area contributed by atoms with Crippen molar-refractivity contribution in [2.75, 3.05) is 18.0 Å². The highest BCUT2D eigenvalue weighted by atomic mass is 15.3. The molecule has 1 saturated heterocycles. The molecule has 1 aliphatic heterocycles. The van der Waals surface area contributed by atoms with Crippen LogP contribution in [0.1, 0.15) is 32.2 Å². The van der Waals surface area contributed by atoms with Crippen LogP contribution in [-0.2, 0) is 0 Å². The van der Waals surface area contributed by atoms with Crippen molar-refractivity contribution >= 4 is 5.95 Å². The quantitative estimate of drug-likeness (QED) is 0.837. The molecule has 4 heteroatoms. The largest absolute Gasteiger partial charge is 0.342 e. The minimum Gasteiger partial charge on any atom is -0.342 e. The minimum atomic E-state index is 0.300. The molecule has 0 aromatic carbocycles. The van der Waals surface area contributed by atoms with Crippen LogP contribution in [0.2, 0.25) is 0 Å². The number of imidazole rings is 1. The molecule has 2 fully saturated rings. The molecule has 1 saturated carbocycles. The monoisotopic (exact) mass is 220 g/mol. The molecule has 2 N–H and O–H groups in total. The first-order valence-electron chi connectivity index (χ1n) is 6.29. The summed E-state index contributed by atoms with van der Waals surface area (Å²) in [5, 5.41) is 0. The molecule has 0 radical (unpaired) electrons. The summed E-state index contributed by atoms with van der Waals surface area (Å²) in [5.41, 5.74) is 5.97. The van der Waals surface area contributed by atoms with E-state index in [-0.39, 0.29) is 0 Å². The minimum absolute atomic E-state index is 0.300. The average molecular weight is 220 g/mol. The van der Waals surface area contributed by atoms with E-state index in [4.69, 9.17) is 5.73 Å². The average Bonchev–Trinajstić information content (AvgIpc) is 2.83. The van der Waals surface area contributed by atoms with E-state index in [1.54, 1.807) is 0 Å². The van der Waals surface area contributed by atoms with Crippen LogP contribution in [-0.4, -0.2) is 28.7 Å². The number of anilines is 1. The maximum atomic E-state index is 5.97. The molecular weight excluding hydrogens is 200 g/mol. The molecule has 4 nitrogen and oxygen atoms in total. The van der Waals surface area contributed by atoms with Crippen LogP contribution in [0, 0.1) is 5.92 Å². The summed E-state index contributed by atoms with van der Waals surface area (Å²) in [6.45, 7) is 4.29. The molecule has 2 aliphatic rings. The Morgan fingerprint density at radius 2 is 2.25 bits per heavy atom. The van der Waals surface area contributed by atoms with E-state index in [1.807, 2.05) is 6.20 Å². The lowest BCUT2D eigenvalue weighted by molar-refractivity contribution is 0.487.